The second kappa shape index (κ2) is 10.2. The lowest BCUT2D eigenvalue weighted by atomic mass is 10.1. The molecule has 7 heteroatoms. The van der Waals surface area contributed by atoms with Crippen LogP contribution in [-0.2, 0) is 19.6 Å². The van der Waals surface area contributed by atoms with Crippen LogP contribution in [0.1, 0.15) is 27.2 Å². The van der Waals surface area contributed by atoms with E-state index in [4.69, 9.17) is 4.42 Å². The Morgan fingerprint density at radius 1 is 1.03 bits per heavy atom. The smallest absolute Gasteiger partial charge is 0.251 e. The number of nitrogens with one attached hydrogen (secondary N) is 2. The number of rotatable bonds is 7. The van der Waals surface area contributed by atoms with Crippen LogP contribution in [0.3, 0.4) is 0 Å². The Bertz CT molecular complexity index is 1000. The van der Waals surface area contributed by atoms with Gasteiger partial charge in [-0.15, -0.1) is 0 Å². The molecular formula is C23H25FN4O2. The maximum Gasteiger partial charge on any atom is 0.251 e. The summed E-state index contributed by atoms with van der Waals surface area (Å²) in [7, 11) is 3.58. The van der Waals surface area contributed by atoms with Gasteiger partial charge in [-0.05, 0) is 47.5 Å². The van der Waals surface area contributed by atoms with Crippen LogP contribution < -0.4 is 10.6 Å². The first-order valence-electron chi connectivity index (χ1n) is 9.61. The number of furan rings is 1. The number of hydrogen-bond donors (Lipinski definition) is 2. The summed E-state index contributed by atoms with van der Waals surface area (Å²) in [5, 5.41) is 6.12. The van der Waals surface area contributed by atoms with Crippen LogP contribution in [0.2, 0.25) is 0 Å². The lowest BCUT2D eigenvalue weighted by Crippen LogP contribution is -2.38. The number of amides is 1. The van der Waals surface area contributed by atoms with E-state index in [9.17, 15) is 9.18 Å². The summed E-state index contributed by atoms with van der Waals surface area (Å²) < 4.78 is 18.6. The first-order chi connectivity index (χ1) is 14.5. The van der Waals surface area contributed by atoms with Gasteiger partial charge in [0.25, 0.3) is 5.91 Å². The molecule has 2 N–H and O–H groups in total. The number of guanidine groups is 1. The van der Waals surface area contributed by atoms with E-state index < -0.39 is 0 Å². The molecule has 0 saturated carbocycles. The van der Waals surface area contributed by atoms with Crippen LogP contribution in [-0.4, -0.2) is 30.9 Å². The first-order valence-corrected chi connectivity index (χ1v) is 9.61. The van der Waals surface area contributed by atoms with E-state index in [2.05, 4.69) is 15.6 Å². The monoisotopic (exact) mass is 408 g/mol. The van der Waals surface area contributed by atoms with E-state index in [0.717, 1.165) is 11.1 Å². The third kappa shape index (κ3) is 5.94. The van der Waals surface area contributed by atoms with Gasteiger partial charge in [-0.25, -0.2) is 4.39 Å². The summed E-state index contributed by atoms with van der Waals surface area (Å²) in [5.41, 5.74) is 2.38. The van der Waals surface area contributed by atoms with Gasteiger partial charge in [0.05, 0.1) is 12.8 Å². The fourth-order valence-corrected chi connectivity index (χ4v) is 3.06. The highest BCUT2D eigenvalue weighted by Crippen LogP contribution is 2.09. The number of carbonyl (C=O) groups excluding carboxylic acids is 1. The minimum Gasteiger partial charge on any atom is -0.467 e. The number of aliphatic imine (C=N–C) groups is 1. The lowest BCUT2D eigenvalue weighted by molar-refractivity contribution is 0.0948. The van der Waals surface area contributed by atoms with Gasteiger partial charge >= 0.3 is 0 Å². The standard InChI is InChI=1S/C23H25FN4O2/c1-25-23(28(2)16-18-7-4-9-20(24)13-18)27-14-17-6-3-8-19(12-17)22(29)26-15-21-10-5-11-30-21/h3-13H,14-16H2,1-2H3,(H,25,27)(H,26,29). The van der Waals surface area contributed by atoms with E-state index in [1.807, 2.05) is 42.3 Å². The summed E-state index contributed by atoms with van der Waals surface area (Å²) in [4.78, 5) is 18.6. The lowest BCUT2D eigenvalue weighted by Gasteiger charge is -2.22. The molecule has 1 aromatic heterocycles. The second-order valence-electron chi connectivity index (χ2n) is 6.85. The molecule has 0 saturated heterocycles. The van der Waals surface area contributed by atoms with Crippen molar-refractivity contribution < 1.29 is 13.6 Å². The molecule has 0 bridgehead atoms. The van der Waals surface area contributed by atoms with Crippen molar-refractivity contribution in [1.29, 1.82) is 0 Å². The van der Waals surface area contributed by atoms with Crippen LogP contribution in [0.5, 0.6) is 0 Å². The molecule has 1 heterocycles. The molecule has 156 valence electrons. The topological polar surface area (TPSA) is 69.9 Å². The molecule has 2 aromatic carbocycles. The molecule has 0 aliphatic carbocycles. The summed E-state index contributed by atoms with van der Waals surface area (Å²) >= 11 is 0. The minimum absolute atomic E-state index is 0.166. The Morgan fingerprint density at radius 3 is 2.57 bits per heavy atom. The van der Waals surface area contributed by atoms with Crippen LogP contribution in [0, 0.1) is 5.82 Å². The highest BCUT2D eigenvalue weighted by molar-refractivity contribution is 5.94. The predicted octanol–water partition coefficient (Wildman–Crippen LogP) is 3.56. The van der Waals surface area contributed by atoms with Crippen LogP contribution in [0.4, 0.5) is 4.39 Å². The third-order valence-corrected chi connectivity index (χ3v) is 4.53. The van der Waals surface area contributed by atoms with Gasteiger partial charge < -0.3 is 20.0 Å². The number of carbonyl (C=O) groups is 1. The molecular weight excluding hydrogens is 383 g/mol. The van der Waals surface area contributed by atoms with Gasteiger partial charge in [0.15, 0.2) is 5.96 Å². The summed E-state index contributed by atoms with van der Waals surface area (Å²) in [6, 6.07) is 17.5. The minimum atomic E-state index is -0.258. The number of halogens is 1. The largest absolute Gasteiger partial charge is 0.467 e. The van der Waals surface area contributed by atoms with Crippen LogP contribution in [0.25, 0.3) is 0 Å². The van der Waals surface area contributed by atoms with Crippen molar-refractivity contribution >= 4 is 11.9 Å². The highest BCUT2D eigenvalue weighted by atomic mass is 19.1. The van der Waals surface area contributed by atoms with E-state index in [-0.39, 0.29) is 11.7 Å². The number of hydrogen-bond acceptors (Lipinski definition) is 3. The van der Waals surface area contributed by atoms with Gasteiger partial charge in [0.1, 0.15) is 11.6 Å². The molecule has 3 aromatic rings. The van der Waals surface area contributed by atoms with Crippen molar-refractivity contribution in [3.05, 3.63) is 95.2 Å². The Balaban J connectivity index is 1.56. The molecule has 0 aliphatic rings. The Hall–Kier alpha value is -3.61. The maximum absolute atomic E-state index is 13.4. The van der Waals surface area contributed by atoms with Gasteiger partial charge in [-0.3, -0.25) is 9.79 Å². The summed E-state index contributed by atoms with van der Waals surface area (Å²) in [5.74, 6) is 0.949. The molecule has 0 fully saturated rings. The fourth-order valence-electron chi connectivity index (χ4n) is 3.06. The van der Waals surface area contributed by atoms with Gasteiger partial charge in [-0.1, -0.05) is 24.3 Å². The zero-order valence-corrected chi connectivity index (χ0v) is 17.1. The second-order valence-corrected chi connectivity index (χ2v) is 6.85. The van der Waals surface area contributed by atoms with E-state index in [1.165, 1.54) is 12.1 Å². The predicted molar refractivity (Wildman–Crippen MR) is 114 cm³/mol. The summed E-state index contributed by atoms with van der Waals surface area (Å²) in [6.07, 6.45) is 1.58. The first kappa shape index (κ1) is 21.1. The molecule has 3 rings (SSSR count). The SMILES string of the molecule is CN=C(NCc1cccc(C(=O)NCc2ccco2)c1)N(C)Cc1cccc(F)c1. The molecule has 0 spiro atoms. The van der Waals surface area contributed by atoms with Crippen molar-refractivity contribution in [1.82, 2.24) is 15.5 Å². The number of benzene rings is 2. The third-order valence-electron chi connectivity index (χ3n) is 4.53. The Kier molecular flexibility index (Phi) is 7.21. The van der Waals surface area contributed by atoms with Crippen LogP contribution in [0.15, 0.2) is 76.3 Å². The van der Waals surface area contributed by atoms with Crippen molar-refractivity contribution in [2.75, 3.05) is 14.1 Å². The molecule has 1 amide bonds. The average molecular weight is 408 g/mol. The molecule has 0 atom stereocenters. The van der Waals surface area contributed by atoms with Crippen molar-refractivity contribution in [2.24, 2.45) is 4.99 Å². The quantitative estimate of drug-likeness (QED) is 0.463. The molecule has 0 unspecified atom stereocenters. The van der Waals surface area contributed by atoms with Crippen molar-refractivity contribution in [3.63, 3.8) is 0 Å². The average Bonchev–Trinajstić information content (AvgIpc) is 3.26. The van der Waals surface area contributed by atoms with Gasteiger partial charge in [0, 0.05) is 32.7 Å². The van der Waals surface area contributed by atoms with E-state index >= 15 is 0 Å². The van der Waals surface area contributed by atoms with Gasteiger partial charge in [0.2, 0.25) is 0 Å². The van der Waals surface area contributed by atoms with E-state index in [0.29, 0.717) is 36.9 Å². The number of nitrogens with zero attached hydrogens (tertiary/aromatic N) is 2. The fraction of sp³-hybridized carbons (Fsp3) is 0.217. The highest BCUT2D eigenvalue weighted by Gasteiger charge is 2.10. The summed E-state index contributed by atoms with van der Waals surface area (Å²) in [6.45, 7) is 1.36. The van der Waals surface area contributed by atoms with Crippen molar-refractivity contribution in [2.45, 2.75) is 19.6 Å². The zero-order valence-electron chi connectivity index (χ0n) is 17.1. The normalized spacial score (nSPS) is 11.2. The zero-order chi connectivity index (χ0) is 21.3. The van der Waals surface area contributed by atoms with Gasteiger partial charge in [-0.2, -0.15) is 0 Å². The maximum atomic E-state index is 13.4. The van der Waals surface area contributed by atoms with E-state index in [1.54, 1.807) is 31.5 Å². The molecule has 6 nitrogen and oxygen atoms in total. The molecule has 0 aliphatic heterocycles. The Labute approximate surface area is 175 Å². The molecule has 0 radical (unpaired) electrons. The Morgan fingerprint density at radius 2 is 1.83 bits per heavy atom. The van der Waals surface area contributed by atoms with Crippen LogP contribution >= 0.6 is 0 Å². The van der Waals surface area contributed by atoms with Crippen molar-refractivity contribution in [3.8, 4) is 0 Å². The molecule has 30 heavy (non-hydrogen) atoms.